The van der Waals surface area contributed by atoms with Crippen LogP contribution in [0.5, 0.6) is 0 Å². The normalized spacial score (nSPS) is 19.5. The Labute approximate surface area is 203 Å². The summed E-state index contributed by atoms with van der Waals surface area (Å²) in [5.74, 6) is 0.112. The van der Waals surface area contributed by atoms with Gasteiger partial charge >= 0.3 is 12.1 Å². The van der Waals surface area contributed by atoms with Crippen LogP contribution < -0.4 is 5.43 Å². The van der Waals surface area contributed by atoms with Gasteiger partial charge in [0.25, 0.3) is 0 Å². The van der Waals surface area contributed by atoms with E-state index in [1.54, 1.807) is 9.80 Å². The van der Waals surface area contributed by atoms with Crippen LogP contribution >= 0.6 is 0 Å². The summed E-state index contributed by atoms with van der Waals surface area (Å²) in [7, 11) is 0. The molecule has 0 bridgehead atoms. The molecule has 2 aliphatic heterocycles. The molecule has 34 heavy (non-hydrogen) atoms. The molecular weight excluding hydrogens is 432 g/mol. The highest BCUT2D eigenvalue weighted by Gasteiger charge is 2.42. The second-order valence-electron chi connectivity index (χ2n) is 10.0. The average Bonchev–Trinajstić information content (AvgIpc) is 3.18. The summed E-state index contributed by atoms with van der Waals surface area (Å²) < 4.78 is 5.40. The van der Waals surface area contributed by atoms with Crippen LogP contribution in [0.4, 0.5) is 9.59 Å². The number of piperidine rings is 1. The van der Waals surface area contributed by atoms with Gasteiger partial charge in [-0.1, -0.05) is 58.0 Å². The van der Waals surface area contributed by atoms with Crippen molar-refractivity contribution >= 4 is 17.9 Å². The summed E-state index contributed by atoms with van der Waals surface area (Å²) in [5, 5.41) is 1.36. The number of Topliss-reactive ketones (excluding diaryl/α,β-unsaturated/α-hetero) is 1. The number of ketones is 1. The minimum absolute atomic E-state index is 0.155. The van der Waals surface area contributed by atoms with Crippen molar-refractivity contribution in [3.05, 3.63) is 42.4 Å². The van der Waals surface area contributed by atoms with Crippen molar-refractivity contribution in [3.63, 3.8) is 0 Å². The van der Waals surface area contributed by atoms with E-state index in [1.807, 2.05) is 64.6 Å². The number of likely N-dealkylation sites (tertiary alicyclic amines) is 1. The zero-order chi connectivity index (χ0) is 24.7. The molecule has 1 radical (unpaired) electrons. The van der Waals surface area contributed by atoms with Crippen LogP contribution in [0.2, 0.25) is 0 Å². The van der Waals surface area contributed by atoms with E-state index in [1.165, 1.54) is 5.01 Å². The SMILES string of the molecule is CC(C)C[C@@H](C(=O)C1NN(CC(C)C)C(=O)O1)N(CCc1ccccc1)C(=O)N1[CH]CCCC1. The monoisotopic (exact) mass is 471 g/mol. The molecule has 0 saturated carbocycles. The number of carbonyl (C=O) groups is 3. The Morgan fingerprint density at radius 3 is 2.47 bits per heavy atom. The van der Waals surface area contributed by atoms with Crippen LogP contribution in [0.3, 0.4) is 0 Å². The van der Waals surface area contributed by atoms with E-state index in [-0.39, 0.29) is 23.7 Å². The lowest BCUT2D eigenvalue weighted by atomic mass is 9.97. The number of hydrazine groups is 1. The molecule has 8 heteroatoms. The molecule has 2 atom stereocenters. The van der Waals surface area contributed by atoms with Gasteiger partial charge in [-0.25, -0.2) is 14.6 Å². The van der Waals surface area contributed by atoms with Crippen LogP contribution in [0.1, 0.15) is 58.9 Å². The molecule has 8 nitrogen and oxygen atoms in total. The summed E-state index contributed by atoms with van der Waals surface area (Å²) >= 11 is 0. The maximum atomic E-state index is 13.7. The molecule has 2 heterocycles. The van der Waals surface area contributed by atoms with Crippen molar-refractivity contribution in [2.75, 3.05) is 19.6 Å². The van der Waals surface area contributed by atoms with Crippen LogP contribution in [0, 0.1) is 18.4 Å². The topological polar surface area (TPSA) is 82.2 Å². The van der Waals surface area contributed by atoms with Gasteiger partial charge in [-0.2, -0.15) is 5.43 Å². The number of nitrogens with one attached hydrogen (secondary N) is 1. The second kappa shape index (κ2) is 12.2. The maximum Gasteiger partial charge on any atom is 0.426 e. The molecule has 1 aromatic rings. The van der Waals surface area contributed by atoms with Crippen molar-refractivity contribution in [2.45, 2.75) is 72.1 Å². The summed E-state index contributed by atoms with van der Waals surface area (Å²) in [6, 6.07) is 9.11. The number of nitrogens with zero attached hydrogens (tertiary/aromatic N) is 3. The molecule has 1 N–H and O–H groups in total. The lowest BCUT2D eigenvalue weighted by Crippen LogP contribution is -2.56. The number of carbonyl (C=O) groups excluding carboxylic acids is 3. The molecular formula is C26H39N4O4. The van der Waals surface area contributed by atoms with Crippen molar-refractivity contribution in [1.29, 1.82) is 0 Å². The summed E-state index contributed by atoms with van der Waals surface area (Å²) in [4.78, 5) is 43.1. The Balaban J connectivity index is 1.83. The number of rotatable bonds is 10. The fraction of sp³-hybridized carbons (Fsp3) is 0.615. The lowest BCUT2D eigenvalue weighted by molar-refractivity contribution is -0.132. The van der Waals surface area contributed by atoms with Gasteiger partial charge in [-0.3, -0.25) is 4.79 Å². The Morgan fingerprint density at radius 1 is 1.12 bits per heavy atom. The molecule has 1 aromatic carbocycles. The maximum absolute atomic E-state index is 13.7. The zero-order valence-corrected chi connectivity index (χ0v) is 20.9. The number of hydrogen-bond acceptors (Lipinski definition) is 5. The van der Waals surface area contributed by atoms with E-state index >= 15 is 0 Å². The van der Waals surface area contributed by atoms with E-state index in [0.717, 1.165) is 24.8 Å². The number of cyclic esters (lactones) is 1. The number of ether oxygens (including phenoxy) is 1. The van der Waals surface area contributed by atoms with E-state index in [0.29, 0.717) is 32.5 Å². The van der Waals surface area contributed by atoms with Gasteiger partial charge < -0.3 is 14.5 Å². The first kappa shape index (κ1) is 26.0. The van der Waals surface area contributed by atoms with Gasteiger partial charge in [0.1, 0.15) is 0 Å². The van der Waals surface area contributed by atoms with Gasteiger partial charge in [-0.15, -0.1) is 0 Å². The number of benzene rings is 1. The molecule has 0 spiro atoms. The molecule has 2 saturated heterocycles. The third-order valence-corrected chi connectivity index (χ3v) is 6.10. The third-order valence-electron chi connectivity index (χ3n) is 6.10. The zero-order valence-electron chi connectivity index (χ0n) is 20.9. The summed E-state index contributed by atoms with van der Waals surface area (Å²) in [6.45, 7) is 11.5. The number of amides is 3. The molecule has 0 aliphatic carbocycles. The van der Waals surface area contributed by atoms with Crippen molar-refractivity contribution < 1.29 is 19.1 Å². The van der Waals surface area contributed by atoms with Gasteiger partial charge in [0.05, 0.1) is 12.6 Å². The lowest BCUT2D eigenvalue weighted by Gasteiger charge is -2.38. The van der Waals surface area contributed by atoms with Gasteiger partial charge in [-0.05, 0) is 49.5 Å². The van der Waals surface area contributed by atoms with Gasteiger partial charge in [0.15, 0.2) is 0 Å². The third kappa shape index (κ3) is 6.95. The quantitative estimate of drug-likeness (QED) is 0.552. The van der Waals surface area contributed by atoms with E-state index < -0.39 is 18.4 Å². The predicted molar refractivity (Wildman–Crippen MR) is 130 cm³/mol. The molecule has 2 fully saturated rings. The van der Waals surface area contributed by atoms with E-state index in [4.69, 9.17) is 4.74 Å². The van der Waals surface area contributed by atoms with Crippen LogP contribution in [0.25, 0.3) is 0 Å². The fourth-order valence-electron chi connectivity index (χ4n) is 4.40. The second-order valence-corrected chi connectivity index (χ2v) is 10.0. The highest BCUT2D eigenvalue weighted by Crippen LogP contribution is 2.23. The summed E-state index contributed by atoms with van der Waals surface area (Å²) in [6.07, 6.45) is 2.35. The van der Waals surface area contributed by atoms with Crippen LogP contribution in [-0.4, -0.2) is 64.6 Å². The van der Waals surface area contributed by atoms with Crippen LogP contribution in [-0.2, 0) is 16.0 Å². The minimum atomic E-state index is -1.09. The first-order valence-electron chi connectivity index (χ1n) is 12.5. The Bertz CT molecular complexity index is 823. The molecule has 2 aliphatic rings. The van der Waals surface area contributed by atoms with Crippen molar-refractivity contribution in [3.8, 4) is 0 Å². The fourth-order valence-corrected chi connectivity index (χ4v) is 4.40. The van der Waals surface area contributed by atoms with Crippen molar-refractivity contribution in [2.24, 2.45) is 11.8 Å². The molecule has 187 valence electrons. The Kier molecular flexibility index (Phi) is 9.33. The number of urea groups is 1. The van der Waals surface area contributed by atoms with E-state index in [2.05, 4.69) is 5.43 Å². The van der Waals surface area contributed by atoms with Crippen LogP contribution in [0.15, 0.2) is 30.3 Å². The Morgan fingerprint density at radius 2 is 1.85 bits per heavy atom. The molecule has 0 aromatic heterocycles. The largest absolute Gasteiger partial charge is 0.426 e. The minimum Gasteiger partial charge on any atom is -0.420 e. The highest BCUT2D eigenvalue weighted by molar-refractivity contribution is 5.93. The number of hydrogen-bond donors (Lipinski definition) is 1. The summed E-state index contributed by atoms with van der Waals surface area (Å²) in [5.41, 5.74) is 4.03. The predicted octanol–water partition coefficient (Wildman–Crippen LogP) is 4.22. The first-order valence-corrected chi connectivity index (χ1v) is 12.5. The molecule has 1 unspecified atom stereocenters. The molecule has 3 rings (SSSR count). The standard InChI is InChI=1S/C26H39N4O4/c1-19(2)17-22(23(31)24-27-30(18-20(3)4)26(33)34-24)29(16-13-21-11-7-5-8-12-21)25(32)28-14-9-6-10-15-28/h5,7-8,11-12,14,19-20,22,24,27H,6,9-10,13,15-18H2,1-4H3/t22-,24?/m0/s1. The first-order chi connectivity index (χ1) is 16.3. The van der Waals surface area contributed by atoms with Gasteiger partial charge in [0, 0.05) is 19.6 Å². The smallest absolute Gasteiger partial charge is 0.420 e. The average molecular weight is 472 g/mol. The van der Waals surface area contributed by atoms with Gasteiger partial charge in [0.2, 0.25) is 12.0 Å². The van der Waals surface area contributed by atoms with E-state index in [9.17, 15) is 14.4 Å². The highest BCUT2D eigenvalue weighted by atomic mass is 16.6. The molecule has 3 amide bonds. The Hall–Kier alpha value is -2.61. The van der Waals surface area contributed by atoms with Crippen molar-refractivity contribution in [1.82, 2.24) is 20.2 Å².